The fraction of sp³-hybridized carbons (Fsp3) is 0.188. The van der Waals surface area contributed by atoms with Crippen LogP contribution in [0.3, 0.4) is 0 Å². The Kier molecular flexibility index (Phi) is 8.39. The molecule has 0 saturated heterocycles. The van der Waals surface area contributed by atoms with Gasteiger partial charge in [0.2, 0.25) is 5.88 Å². The maximum absolute atomic E-state index is 14.2. The summed E-state index contributed by atoms with van der Waals surface area (Å²) in [6, 6.07) is 12.0. The molecule has 45 heavy (non-hydrogen) atoms. The quantitative estimate of drug-likeness (QED) is 0.177. The topological polar surface area (TPSA) is 117 Å². The van der Waals surface area contributed by atoms with E-state index < -0.39 is 52.7 Å². The van der Waals surface area contributed by atoms with Gasteiger partial charge in [0.25, 0.3) is 5.91 Å². The van der Waals surface area contributed by atoms with E-state index in [0.717, 1.165) is 25.1 Å². The largest absolute Gasteiger partial charge is 0.438 e. The second-order valence-electron chi connectivity index (χ2n) is 10.3. The van der Waals surface area contributed by atoms with Crippen molar-refractivity contribution >= 4 is 16.8 Å². The fourth-order valence-electron chi connectivity index (χ4n) is 4.91. The van der Waals surface area contributed by atoms with E-state index in [2.05, 4.69) is 20.3 Å². The first-order valence-electron chi connectivity index (χ1n) is 13.5. The van der Waals surface area contributed by atoms with Gasteiger partial charge in [-0.15, -0.1) is 0 Å². The third-order valence-corrected chi connectivity index (χ3v) is 7.31. The molecule has 13 heteroatoms. The molecular weight excluding hydrogens is 599 g/mol. The third kappa shape index (κ3) is 6.11. The number of H-pyrrole nitrogens is 1. The maximum atomic E-state index is 14.2. The number of rotatable bonds is 7. The summed E-state index contributed by atoms with van der Waals surface area (Å²) in [6.45, 7) is 3.95. The molecule has 0 saturated carbocycles. The maximum Gasteiger partial charge on any atom is 0.418 e. The Balaban J connectivity index is 1.59. The van der Waals surface area contributed by atoms with Crippen molar-refractivity contribution in [3.05, 3.63) is 117 Å². The second-order valence-corrected chi connectivity index (χ2v) is 10.3. The molecule has 5 rings (SSSR count). The number of carbonyl (C=O) groups is 1. The van der Waals surface area contributed by atoms with E-state index in [-0.39, 0.29) is 44.7 Å². The monoisotopic (exact) mass is 624 g/mol. The van der Waals surface area contributed by atoms with Crippen molar-refractivity contribution in [2.24, 2.45) is 0 Å². The van der Waals surface area contributed by atoms with Gasteiger partial charge >= 0.3 is 6.18 Å². The summed E-state index contributed by atoms with van der Waals surface area (Å²) < 4.78 is 75.3. The molecule has 0 unspecified atom stereocenters. The molecule has 3 aromatic heterocycles. The molecule has 0 fully saturated rings. The lowest BCUT2D eigenvalue weighted by molar-refractivity contribution is -0.138. The number of carbonyl (C=O) groups excluding carboxylic acids is 1. The Morgan fingerprint density at radius 2 is 1.73 bits per heavy atom. The van der Waals surface area contributed by atoms with Gasteiger partial charge in [-0.3, -0.25) is 14.6 Å². The summed E-state index contributed by atoms with van der Waals surface area (Å²) in [5, 5.41) is 13.1. The van der Waals surface area contributed by atoms with Crippen molar-refractivity contribution in [1.29, 1.82) is 0 Å². The smallest absolute Gasteiger partial charge is 0.418 e. The minimum Gasteiger partial charge on any atom is -0.438 e. The molecule has 0 aliphatic rings. The van der Waals surface area contributed by atoms with Crippen LogP contribution in [0.1, 0.15) is 45.8 Å². The number of fused-ring (bicyclic) bond motifs is 1. The van der Waals surface area contributed by atoms with Crippen molar-refractivity contribution in [1.82, 2.24) is 20.3 Å². The Morgan fingerprint density at radius 3 is 2.42 bits per heavy atom. The molecule has 1 amide bonds. The summed E-state index contributed by atoms with van der Waals surface area (Å²) in [4.78, 5) is 37.4. The standard InChI is InChI=1S/C32H25F5N4O4/c1-15-19(32(35,36)37)14-39-31(45-24-10-9-20(33)27(34)16(24)2)25(15)22-13-23(42)26-21(41-22)11-12-38-28(26)30(44)40-17(3)29(43)18-7-5-4-6-8-18/h4-14,17,29,43H,1-3H3,(H,40,44)(H,41,42)/t17-,29-/m1/s1. The van der Waals surface area contributed by atoms with Gasteiger partial charge in [0.15, 0.2) is 17.1 Å². The van der Waals surface area contributed by atoms with Crippen molar-refractivity contribution in [3.8, 4) is 22.9 Å². The number of benzene rings is 2. The number of hydrogen-bond donors (Lipinski definition) is 3. The van der Waals surface area contributed by atoms with Crippen LogP contribution in [0.15, 0.2) is 71.8 Å². The number of aliphatic hydroxyl groups excluding tert-OH is 1. The van der Waals surface area contributed by atoms with Gasteiger partial charge < -0.3 is 20.1 Å². The van der Waals surface area contributed by atoms with E-state index in [9.17, 15) is 36.6 Å². The zero-order valence-electron chi connectivity index (χ0n) is 24.0. The van der Waals surface area contributed by atoms with Crippen LogP contribution in [0.5, 0.6) is 11.6 Å². The molecule has 0 radical (unpaired) electrons. The van der Waals surface area contributed by atoms with Crippen LogP contribution < -0.4 is 15.5 Å². The number of nitrogens with one attached hydrogen (secondary N) is 2. The predicted octanol–water partition coefficient (Wildman–Crippen LogP) is 6.54. The van der Waals surface area contributed by atoms with Gasteiger partial charge in [-0.2, -0.15) is 13.2 Å². The van der Waals surface area contributed by atoms with Gasteiger partial charge in [-0.05, 0) is 50.1 Å². The molecule has 0 bridgehead atoms. The molecule has 3 heterocycles. The molecule has 2 aromatic carbocycles. The van der Waals surface area contributed by atoms with Gasteiger partial charge in [-0.25, -0.2) is 13.8 Å². The average molecular weight is 625 g/mol. The van der Waals surface area contributed by atoms with Gasteiger partial charge in [0, 0.05) is 24.0 Å². The number of hydrogen-bond acceptors (Lipinski definition) is 6. The second kappa shape index (κ2) is 12.1. The van der Waals surface area contributed by atoms with E-state index in [1.54, 1.807) is 37.3 Å². The summed E-state index contributed by atoms with van der Waals surface area (Å²) in [6.07, 6.45) is -4.12. The van der Waals surface area contributed by atoms with E-state index in [1.807, 2.05) is 0 Å². The Labute approximate surface area is 252 Å². The van der Waals surface area contributed by atoms with Crippen molar-refractivity contribution in [2.75, 3.05) is 0 Å². The lowest BCUT2D eigenvalue weighted by Gasteiger charge is -2.21. The first kappa shape index (κ1) is 31.3. The summed E-state index contributed by atoms with van der Waals surface area (Å²) in [7, 11) is 0. The first-order valence-corrected chi connectivity index (χ1v) is 13.5. The number of nitrogens with zero attached hydrogens (tertiary/aromatic N) is 2. The van der Waals surface area contributed by atoms with Crippen LogP contribution in [0, 0.1) is 25.5 Å². The number of amides is 1. The Morgan fingerprint density at radius 1 is 1.02 bits per heavy atom. The van der Waals surface area contributed by atoms with Crippen molar-refractivity contribution in [2.45, 2.75) is 39.1 Å². The van der Waals surface area contributed by atoms with Crippen LogP contribution >= 0.6 is 0 Å². The number of aromatic amines is 1. The molecule has 0 aliphatic heterocycles. The molecular formula is C32H25F5N4O4. The van der Waals surface area contributed by atoms with Crippen LogP contribution in [0.2, 0.25) is 0 Å². The highest BCUT2D eigenvalue weighted by Crippen LogP contribution is 2.41. The van der Waals surface area contributed by atoms with E-state index in [4.69, 9.17) is 4.74 Å². The van der Waals surface area contributed by atoms with Gasteiger partial charge in [0.1, 0.15) is 11.4 Å². The number of aliphatic hydroxyl groups is 1. The minimum absolute atomic E-state index is 0.0562. The summed E-state index contributed by atoms with van der Waals surface area (Å²) >= 11 is 0. The molecule has 0 aliphatic carbocycles. The Hall–Kier alpha value is -5.17. The zero-order chi connectivity index (χ0) is 32.6. The molecule has 3 N–H and O–H groups in total. The first-order chi connectivity index (χ1) is 21.3. The van der Waals surface area contributed by atoms with Gasteiger partial charge in [-0.1, -0.05) is 30.3 Å². The highest BCUT2D eigenvalue weighted by atomic mass is 19.4. The van der Waals surface area contributed by atoms with E-state index in [1.165, 1.54) is 19.2 Å². The highest BCUT2D eigenvalue weighted by molar-refractivity contribution is 6.04. The van der Waals surface area contributed by atoms with Crippen molar-refractivity contribution < 1.29 is 36.6 Å². The zero-order valence-corrected chi connectivity index (χ0v) is 24.0. The van der Waals surface area contributed by atoms with Crippen LogP contribution in [0.4, 0.5) is 22.0 Å². The Bertz CT molecular complexity index is 1980. The molecule has 232 valence electrons. The molecule has 8 nitrogen and oxygen atoms in total. The third-order valence-electron chi connectivity index (χ3n) is 7.31. The minimum atomic E-state index is -4.82. The number of alkyl halides is 3. The normalized spacial score (nSPS) is 13.0. The number of halogens is 5. The van der Waals surface area contributed by atoms with Crippen LogP contribution in [-0.4, -0.2) is 32.0 Å². The van der Waals surface area contributed by atoms with Crippen molar-refractivity contribution in [3.63, 3.8) is 0 Å². The summed E-state index contributed by atoms with van der Waals surface area (Å²) in [5.41, 5.74) is -2.58. The van der Waals surface area contributed by atoms with Gasteiger partial charge in [0.05, 0.1) is 39.9 Å². The fourth-order valence-corrected chi connectivity index (χ4v) is 4.91. The lowest BCUT2D eigenvalue weighted by Crippen LogP contribution is -2.38. The number of pyridine rings is 3. The summed E-state index contributed by atoms with van der Waals surface area (Å²) in [5.74, 6) is -3.75. The van der Waals surface area contributed by atoms with Crippen LogP contribution in [-0.2, 0) is 6.18 Å². The molecule has 0 spiro atoms. The molecule has 2 atom stereocenters. The van der Waals surface area contributed by atoms with E-state index in [0.29, 0.717) is 11.8 Å². The van der Waals surface area contributed by atoms with Crippen LogP contribution in [0.25, 0.3) is 22.2 Å². The average Bonchev–Trinajstić information content (AvgIpc) is 3.00. The number of aromatic nitrogens is 3. The highest BCUT2D eigenvalue weighted by Gasteiger charge is 2.35. The SMILES string of the molecule is Cc1c(Oc2ncc(C(F)(F)F)c(C)c2-c2cc(=O)c3c(C(=O)N[C@H](C)[C@@H](O)c4ccccc4)nccc3[nH]2)ccc(F)c1F. The molecule has 5 aromatic rings. The van der Waals surface area contributed by atoms with E-state index >= 15 is 0 Å². The predicted molar refractivity (Wildman–Crippen MR) is 155 cm³/mol. The lowest BCUT2D eigenvalue weighted by atomic mass is 10.0. The number of ether oxygens (including phenoxy) is 1.